The van der Waals surface area contributed by atoms with Gasteiger partial charge in [0.2, 0.25) is 0 Å². The highest BCUT2D eigenvalue weighted by Gasteiger charge is 2.19. The summed E-state index contributed by atoms with van der Waals surface area (Å²) in [5.41, 5.74) is 3.10. The van der Waals surface area contributed by atoms with E-state index in [1.807, 2.05) is 0 Å². The second-order valence-corrected chi connectivity index (χ2v) is 8.50. The van der Waals surface area contributed by atoms with Gasteiger partial charge in [-0.15, -0.1) is 11.3 Å². The Bertz CT molecular complexity index is 1450. The van der Waals surface area contributed by atoms with Crippen molar-refractivity contribution in [3.63, 3.8) is 0 Å². The van der Waals surface area contributed by atoms with E-state index in [2.05, 4.69) is 10.5 Å². The number of thiophene rings is 1. The van der Waals surface area contributed by atoms with Crippen LogP contribution in [-0.2, 0) is 0 Å². The first-order valence-corrected chi connectivity index (χ1v) is 11.2. The molecule has 1 amide bonds. The summed E-state index contributed by atoms with van der Waals surface area (Å²) in [5.74, 6) is -0.115. The Labute approximate surface area is 207 Å². The molecule has 0 saturated heterocycles. The lowest BCUT2D eigenvalue weighted by molar-refractivity contribution is -0.384. The lowest BCUT2D eigenvalue weighted by atomic mass is 10.2. The molecule has 11 heteroatoms. The number of carbonyl (C=O) groups is 2. The molecule has 0 spiro atoms. The number of nitro benzene ring substituents is 1. The van der Waals surface area contributed by atoms with E-state index in [4.69, 9.17) is 21.1 Å². The van der Waals surface area contributed by atoms with Crippen molar-refractivity contribution in [2.24, 2.45) is 5.10 Å². The number of hydrogen-bond acceptors (Lipinski definition) is 8. The molecule has 1 aromatic heterocycles. The van der Waals surface area contributed by atoms with Gasteiger partial charge in [-0.1, -0.05) is 11.6 Å². The van der Waals surface area contributed by atoms with Crippen molar-refractivity contribution < 1.29 is 24.0 Å². The highest BCUT2D eigenvalue weighted by Crippen LogP contribution is 2.37. The van der Waals surface area contributed by atoms with E-state index in [-0.39, 0.29) is 16.1 Å². The van der Waals surface area contributed by atoms with Gasteiger partial charge in [-0.3, -0.25) is 14.9 Å². The molecule has 0 unspecified atom stereocenters. The second-order valence-electron chi connectivity index (χ2n) is 7.07. The van der Waals surface area contributed by atoms with Gasteiger partial charge in [0.15, 0.2) is 0 Å². The number of hydrogen-bond donors (Lipinski definition) is 1. The number of methoxy groups -OCH3 is 1. The largest absolute Gasteiger partial charge is 0.497 e. The Morgan fingerprint density at radius 3 is 2.40 bits per heavy atom. The topological polar surface area (TPSA) is 120 Å². The van der Waals surface area contributed by atoms with Crippen molar-refractivity contribution in [2.45, 2.75) is 0 Å². The van der Waals surface area contributed by atoms with Gasteiger partial charge in [0.25, 0.3) is 11.6 Å². The number of carbonyl (C=O) groups excluding carboxylic acids is 2. The third-order valence-electron chi connectivity index (χ3n) is 4.83. The smallest absolute Gasteiger partial charge is 0.355 e. The number of ether oxygens (including phenoxy) is 2. The predicted molar refractivity (Wildman–Crippen MR) is 133 cm³/mol. The number of nitrogens with zero attached hydrogens (tertiary/aromatic N) is 2. The molecule has 4 rings (SSSR count). The number of hydrazone groups is 1. The van der Waals surface area contributed by atoms with Crippen molar-refractivity contribution in [1.29, 1.82) is 0 Å². The average Bonchev–Trinajstić information content (AvgIpc) is 3.20. The van der Waals surface area contributed by atoms with Crippen molar-refractivity contribution in [2.75, 3.05) is 7.11 Å². The molecule has 0 aliphatic carbocycles. The number of nitro groups is 1. The molecule has 3 aromatic carbocycles. The summed E-state index contributed by atoms with van der Waals surface area (Å²) < 4.78 is 11.5. The maximum absolute atomic E-state index is 12.6. The first-order chi connectivity index (χ1) is 16.9. The Balaban J connectivity index is 1.37. The number of nitrogens with one attached hydrogen (secondary N) is 1. The highest BCUT2D eigenvalue weighted by atomic mass is 35.5. The van der Waals surface area contributed by atoms with Crippen LogP contribution in [0, 0.1) is 10.1 Å². The van der Waals surface area contributed by atoms with E-state index in [1.165, 1.54) is 41.8 Å². The molecule has 0 bridgehead atoms. The van der Waals surface area contributed by atoms with Gasteiger partial charge in [-0.05, 0) is 60.2 Å². The van der Waals surface area contributed by atoms with E-state index in [9.17, 15) is 19.7 Å². The number of rotatable bonds is 7. The van der Waals surface area contributed by atoms with Crippen LogP contribution < -0.4 is 14.9 Å². The number of esters is 1. The van der Waals surface area contributed by atoms with Crippen LogP contribution in [-0.4, -0.2) is 30.1 Å². The zero-order valence-corrected chi connectivity index (χ0v) is 19.6. The fourth-order valence-electron chi connectivity index (χ4n) is 3.04. The molecule has 176 valence electrons. The Morgan fingerprint density at radius 1 is 1.06 bits per heavy atom. The normalized spacial score (nSPS) is 10.9. The maximum atomic E-state index is 12.6. The first-order valence-electron chi connectivity index (χ1n) is 10.0. The zero-order chi connectivity index (χ0) is 24.9. The summed E-state index contributed by atoms with van der Waals surface area (Å²) in [7, 11) is 1.56. The highest BCUT2D eigenvalue weighted by molar-refractivity contribution is 7.21. The lowest BCUT2D eigenvalue weighted by Crippen LogP contribution is -2.17. The van der Waals surface area contributed by atoms with Crippen molar-refractivity contribution in [3.05, 3.63) is 97.9 Å². The van der Waals surface area contributed by atoms with Gasteiger partial charge in [-0.2, -0.15) is 5.10 Å². The molecule has 1 heterocycles. The minimum absolute atomic E-state index is 0.110. The third kappa shape index (κ3) is 5.45. The summed E-state index contributed by atoms with van der Waals surface area (Å²) in [6, 6.07) is 17.0. The standard InChI is InChI=1S/C24H16ClN3O6S/c1-33-18-10-11-19-20(12-18)35-22(21(19)25)24(30)34-17-8-2-14(3-9-17)13-26-27-23(29)15-4-6-16(7-5-15)28(31)32/h2-13H,1H3,(H,27,29)/b26-13+. The van der Waals surface area contributed by atoms with Crippen LogP contribution in [0.1, 0.15) is 25.6 Å². The number of benzene rings is 3. The molecule has 1 N–H and O–H groups in total. The molecule has 0 atom stereocenters. The van der Waals surface area contributed by atoms with Crippen LogP contribution in [0.5, 0.6) is 11.5 Å². The van der Waals surface area contributed by atoms with Gasteiger partial charge in [0.05, 0.1) is 23.3 Å². The Morgan fingerprint density at radius 2 is 1.74 bits per heavy atom. The number of fused-ring (bicyclic) bond motifs is 1. The first kappa shape index (κ1) is 23.9. The SMILES string of the molecule is COc1ccc2c(Cl)c(C(=O)Oc3ccc(/C=N/NC(=O)c4ccc([N+](=O)[O-])cc4)cc3)sc2c1. The molecule has 0 aliphatic heterocycles. The molecule has 0 saturated carbocycles. The Hall–Kier alpha value is -4.28. The van der Waals surface area contributed by atoms with E-state index in [0.29, 0.717) is 22.1 Å². The number of halogens is 1. The van der Waals surface area contributed by atoms with Crippen molar-refractivity contribution >= 4 is 56.8 Å². The molecule has 4 aromatic rings. The summed E-state index contributed by atoms with van der Waals surface area (Å²) in [4.78, 5) is 35.2. The van der Waals surface area contributed by atoms with E-state index in [0.717, 1.165) is 10.1 Å². The fourth-order valence-corrected chi connectivity index (χ4v) is 4.46. The minimum Gasteiger partial charge on any atom is -0.497 e. The number of amides is 1. The van der Waals surface area contributed by atoms with E-state index >= 15 is 0 Å². The van der Waals surface area contributed by atoms with Gasteiger partial charge >= 0.3 is 5.97 Å². The van der Waals surface area contributed by atoms with Crippen molar-refractivity contribution in [1.82, 2.24) is 5.43 Å². The number of non-ortho nitro benzene ring substituents is 1. The van der Waals surface area contributed by atoms with Gasteiger partial charge in [-0.25, -0.2) is 10.2 Å². The summed E-state index contributed by atoms with van der Waals surface area (Å²) in [6.45, 7) is 0. The summed E-state index contributed by atoms with van der Waals surface area (Å²) in [6.07, 6.45) is 1.41. The van der Waals surface area contributed by atoms with E-state index < -0.39 is 16.8 Å². The molecular formula is C24H16ClN3O6S. The van der Waals surface area contributed by atoms with Gasteiger partial charge in [0.1, 0.15) is 16.4 Å². The average molecular weight is 510 g/mol. The second kappa shape index (κ2) is 10.3. The zero-order valence-electron chi connectivity index (χ0n) is 18.1. The molecular weight excluding hydrogens is 494 g/mol. The molecule has 0 aliphatic rings. The van der Waals surface area contributed by atoms with Gasteiger partial charge < -0.3 is 9.47 Å². The van der Waals surface area contributed by atoms with Crippen LogP contribution in [0.2, 0.25) is 5.02 Å². The summed E-state index contributed by atoms with van der Waals surface area (Å²) in [5, 5.41) is 15.6. The van der Waals surface area contributed by atoms with Crippen LogP contribution in [0.15, 0.2) is 71.8 Å². The van der Waals surface area contributed by atoms with Gasteiger partial charge in [0, 0.05) is 27.8 Å². The summed E-state index contributed by atoms with van der Waals surface area (Å²) >= 11 is 7.59. The van der Waals surface area contributed by atoms with Crippen LogP contribution >= 0.6 is 22.9 Å². The third-order valence-corrected chi connectivity index (χ3v) is 6.47. The predicted octanol–water partition coefficient (Wildman–Crippen LogP) is 5.45. The molecule has 9 nitrogen and oxygen atoms in total. The maximum Gasteiger partial charge on any atom is 0.355 e. The quantitative estimate of drug-likeness (QED) is 0.116. The van der Waals surface area contributed by atoms with Crippen LogP contribution in [0.3, 0.4) is 0 Å². The monoisotopic (exact) mass is 509 g/mol. The fraction of sp³-hybridized carbons (Fsp3) is 0.0417. The molecule has 0 radical (unpaired) electrons. The van der Waals surface area contributed by atoms with Crippen LogP contribution in [0.25, 0.3) is 10.1 Å². The molecule has 0 fully saturated rings. The lowest BCUT2D eigenvalue weighted by Gasteiger charge is -2.03. The van der Waals surface area contributed by atoms with Crippen molar-refractivity contribution in [3.8, 4) is 11.5 Å². The van der Waals surface area contributed by atoms with Crippen LogP contribution in [0.4, 0.5) is 5.69 Å². The van der Waals surface area contributed by atoms with E-state index in [1.54, 1.807) is 49.6 Å². The Kier molecular flexibility index (Phi) is 7.04. The minimum atomic E-state index is -0.577. The molecule has 35 heavy (non-hydrogen) atoms.